The zero-order valence-electron chi connectivity index (χ0n) is 15.9. The van der Waals surface area contributed by atoms with Gasteiger partial charge in [0.15, 0.2) is 0 Å². The van der Waals surface area contributed by atoms with Gasteiger partial charge in [-0.2, -0.15) is 0 Å². The van der Waals surface area contributed by atoms with Crippen LogP contribution in [-0.2, 0) is 14.3 Å². The Balaban J connectivity index is 1.95. The zero-order chi connectivity index (χ0) is 20.4. The number of hydrogen-bond acceptors (Lipinski definition) is 5. The van der Waals surface area contributed by atoms with Gasteiger partial charge in [0, 0.05) is 12.1 Å². The summed E-state index contributed by atoms with van der Waals surface area (Å²) in [5, 5.41) is 4.64. The minimum atomic E-state index is -1.23. The summed E-state index contributed by atoms with van der Waals surface area (Å²) in [4.78, 5) is 36.2. The van der Waals surface area contributed by atoms with E-state index in [1.54, 1.807) is 37.3 Å². The molecule has 0 saturated carbocycles. The lowest BCUT2D eigenvalue weighted by Crippen LogP contribution is -2.42. The molecule has 7 nitrogen and oxygen atoms in total. The summed E-state index contributed by atoms with van der Waals surface area (Å²) in [5.74, 6) is -0.677. The molecule has 0 radical (unpaired) electrons. The van der Waals surface area contributed by atoms with Crippen LogP contribution in [0.1, 0.15) is 30.6 Å². The highest BCUT2D eigenvalue weighted by molar-refractivity contribution is 5.97. The predicted octanol–water partition coefficient (Wildman–Crippen LogP) is 2.89. The molecule has 2 aromatic carbocycles. The minimum Gasteiger partial charge on any atom is -0.493 e. The van der Waals surface area contributed by atoms with Gasteiger partial charge in [-0.1, -0.05) is 48.0 Å². The SMILES string of the molecule is CCNC(=O)NC(=O)[C@@H](OC(=O)CCOc1ccc(C)cc1)c1ccccc1. The van der Waals surface area contributed by atoms with Crippen molar-refractivity contribution in [2.75, 3.05) is 13.2 Å². The molecule has 3 amide bonds. The van der Waals surface area contributed by atoms with Gasteiger partial charge in [0.05, 0.1) is 13.0 Å². The maximum Gasteiger partial charge on any atom is 0.321 e. The van der Waals surface area contributed by atoms with Gasteiger partial charge in [-0.3, -0.25) is 14.9 Å². The number of urea groups is 1. The summed E-state index contributed by atoms with van der Waals surface area (Å²) in [6, 6.07) is 15.3. The second kappa shape index (κ2) is 10.7. The number of aryl methyl sites for hydroxylation is 1. The van der Waals surface area contributed by atoms with Crippen LogP contribution in [0.2, 0.25) is 0 Å². The summed E-state index contributed by atoms with van der Waals surface area (Å²) in [7, 11) is 0. The average molecular weight is 384 g/mol. The molecule has 0 aromatic heterocycles. The van der Waals surface area contributed by atoms with Gasteiger partial charge in [-0.05, 0) is 26.0 Å². The standard InChI is InChI=1S/C21H24N2O5/c1-3-22-21(26)23-20(25)19(16-7-5-4-6-8-16)28-18(24)13-14-27-17-11-9-15(2)10-12-17/h4-12,19H,3,13-14H2,1-2H3,(H2,22,23,25,26)/t19-/m0/s1. The number of ether oxygens (including phenoxy) is 2. The summed E-state index contributed by atoms with van der Waals surface area (Å²) in [6.45, 7) is 4.18. The van der Waals surface area contributed by atoms with Crippen LogP contribution in [0.5, 0.6) is 5.75 Å². The molecule has 148 valence electrons. The maximum absolute atomic E-state index is 12.4. The van der Waals surface area contributed by atoms with Crippen LogP contribution in [0.25, 0.3) is 0 Å². The lowest BCUT2D eigenvalue weighted by Gasteiger charge is -2.18. The first-order valence-corrected chi connectivity index (χ1v) is 9.02. The van der Waals surface area contributed by atoms with Crippen LogP contribution in [0.15, 0.2) is 54.6 Å². The fraction of sp³-hybridized carbons (Fsp3) is 0.286. The number of carbonyl (C=O) groups is 3. The van der Waals surface area contributed by atoms with Gasteiger partial charge in [0.1, 0.15) is 5.75 Å². The molecular formula is C21H24N2O5. The monoisotopic (exact) mass is 384 g/mol. The predicted molar refractivity (Wildman–Crippen MR) is 104 cm³/mol. The Morgan fingerprint density at radius 2 is 1.68 bits per heavy atom. The summed E-state index contributed by atoms with van der Waals surface area (Å²) in [5.41, 5.74) is 1.58. The van der Waals surface area contributed by atoms with E-state index in [2.05, 4.69) is 10.6 Å². The fourth-order valence-electron chi connectivity index (χ4n) is 2.36. The third-order valence-electron chi connectivity index (χ3n) is 3.76. The number of hydrogen-bond donors (Lipinski definition) is 2. The molecule has 0 bridgehead atoms. The van der Waals surface area contributed by atoms with E-state index in [1.165, 1.54) is 0 Å². The largest absolute Gasteiger partial charge is 0.493 e. The first-order chi connectivity index (χ1) is 13.5. The number of nitrogens with one attached hydrogen (secondary N) is 2. The van der Waals surface area contributed by atoms with Crippen molar-refractivity contribution in [3.05, 3.63) is 65.7 Å². The Morgan fingerprint density at radius 3 is 2.32 bits per heavy atom. The van der Waals surface area contributed by atoms with E-state index in [0.717, 1.165) is 5.56 Å². The van der Waals surface area contributed by atoms with Crippen molar-refractivity contribution in [3.63, 3.8) is 0 Å². The van der Waals surface area contributed by atoms with Gasteiger partial charge in [-0.15, -0.1) is 0 Å². The average Bonchev–Trinajstić information content (AvgIpc) is 2.68. The first-order valence-electron chi connectivity index (χ1n) is 9.02. The van der Waals surface area contributed by atoms with Crippen LogP contribution in [0.4, 0.5) is 4.79 Å². The zero-order valence-corrected chi connectivity index (χ0v) is 15.9. The smallest absolute Gasteiger partial charge is 0.321 e. The number of amides is 3. The van der Waals surface area contributed by atoms with E-state index in [0.29, 0.717) is 17.9 Å². The first kappa shape index (κ1) is 21.0. The van der Waals surface area contributed by atoms with Crippen molar-refractivity contribution >= 4 is 17.9 Å². The number of imide groups is 1. The number of benzene rings is 2. The topological polar surface area (TPSA) is 93.7 Å². The molecule has 0 aliphatic rings. The van der Waals surface area contributed by atoms with Crippen LogP contribution < -0.4 is 15.4 Å². The Labute approximate surface area is 164 Å². The lowest BCUT2D eigenvalue weighted by molar-refractivity contribution is -0.156. The number of rotatable bonds is 8. The highest BCUT2D eigenvalue weighted by Crippen LogP contribution is 2.19. The van der Waals surface area contributed by atoms with Gasteiger partial charge in [0.25, 0.3) is 5.91 Å². The molecular weight excluding hydrogens is 360 g/mol. The molecule has 7 heteroatoms. The second-order valence-electron chi connectivity index (χ2n) is 6.04. The summed E-state index contributed by atoms with van der Waals surface area (Å²) >= 11 is 0. The number of esters is 1. The van der Waals surface area contributed by atoms with E-state index >= 15 is 0 Å². The highest BCUT2D eigenvalue weighted by Gasteiger charge is 2.26. The van der Waals surface area contributed by atoms with Crippen LogP contribution >= 0.6 is 0 Å². The third-order valence-corrected chi connectivity index (χ3v) is 3.76. The van der Waals surface area contributed by atoms with E-state index in [1.807, 2.05) is 31.2 Å². The fourth-order valence-corrected chi connectivity index (χ4v) is 2.36. The molecule has 0 spiro atoms. The van der Waals surface area contributed by atoms with Gasteiger partial charge in [0.2, 0.25) is 6.10 Å². The maximum atomic E-state index is 12.4. The molecule has 0 heterocycles. The molecule has 2 N–H and O–H groups in total. The highest BCUT2D eigenvalue weighted by atomic mass is 16.6. The molecule has 1 atom stereocenters. The van der Waals surface area contributed by atoms with Crippen molar-refractivity contribution in [2.45, 2.75) is 26.4 Å². The summed E-state index contributed by atoms with van der Waals surface area (Å²) < 4.78 is 10.8. The quantitative estimate of drug-likeness (QED) is 0.683. The van der Waals surface area contributed by atoms with Crippen molar-refractivity contribution in [1.29, 1.82) is 0 Å². The van der Waals surface area contributed by atoms with Crippen molar-refractivity contribution in [1.82, 2.24) is 10.6 Å². The third kappa shape index (κ3) is 6.75. The van der Waals surface area contributed by atoms with E-state index in [9.17, 15) is 14.4 Å². The van der Waals surface area contributed by atoms with Gasteiger partial charge < -0.3 is 14.8 Å². The molecule has 0 saturated heterocycles. The van der Waals surface area contributed by atoms with Crippen molar-refractivity contribution < 1.29 is 23.9 Å². The molecule has 0 fully saturated rings. The number of carbonyl (C=O) groups excluding carboxylic acids is 3. The Morgan fingerprint density at radius 1 is 1.00 bits per heavy atom. The van der Waals surface area contributed by atoms with E-state index in [-0.39, 0.29) is 13.0 Å². The van der Waals surface area contributed by atoms with Crippen LogP contribution in [0, 0.1) is 6.92 Å². The van der Waals surface area contributed by atoms with E-state index in [4.69, 9.17) is 9.47 Å². The normalized spacial score (nSPS) is 11.2. The van der Waals surface area contributed by atoms with Crippen molar-refractivity contribution in [3.8, 4) is 5.75 Å². The van der Waals surface area contributed by atoms with Gasteiger partial charge in [-0.25, -0.2) is 4.79 Å². The Bertz CT molecular complexity index is 790. The molecule has 2 aromatic rings. The summed E-state index contributed by atoms with van der Waals surface area (Å²) in [6.07, 6.45) is -1.26. The van der Waals surface area contributed by atoms with Gasteiger partial charge >= 0.3 is 12.0 Å². The van der Waals surface area contributed by atoms with E-state index < -0.39 is 24.0 Å². The Kier molecular flexibility index (Phi) is 8.02. The second-order valence-corrected chi connectivity index (χ2v) is 6.04. The Hall–Kier alpha value is -3.35. The molecule has 0 aliphatic carbocycles. The van der Waals surface area contributed by atoms with Crippen LogP contribution in [0.3, 0.4) is 0 Å². The molecule has 0 unspecified atom stereocenters. The molecule has 0 aliphatic heterocycles. The molecule has 2 rings (SSSR count). The lowest BCUT2D eigenvalue weighted by atomic mass is 10.1. The van der Waals surface area contributed by atoms with Crippen LogP contribution in [-0.4, -0.2) is 31.1 Å². The minimum absolute atomic E-state index is 0.0361. The van der Waals surface area contributed by atoms with Crippen molar-refractivity contribution in [2.24, 2.45) is 0 Å². The molecule has 28 heavy (non-hydrogen) atoms.